The number of thiazole rings is 1. The summed E-state index contributed by atoms with van der Waals surface area (Å²) in [5, 5.41) is 10.7. The number of nitro benzene ring substituents is 1. The van der Waals surface area contributed by atoms with Crippen LogP contribution in [-0.2, 0) is 16.1 Å². The van der Waals surface area contributed by atoms with Crippen molar-refractivity contribution in [1.82, 2.24) is 4.57 Å². The maximum absolute atomic E-state index is 12.4. The van der Waals surface area contributed by atoms with Gasteiger partial charge in [-0.3, -0.25) is 14.9 Å². The van der Waals surface area contributed by atoms with Crippen molar-refractivity contribution in [2.24, 2.45) is 4.99 Å². The van der Waals surface area contributed by atoms with E-state index in [2.05, 4.69) is 4.99 Å². The van der Waals surface area contributed by atoms with E-state index in [0.29, 0.717) is 23.5 Å². The number of ether oxygens (including phenoxy) is 2. The van der Waals surface area contributed by atoms with Crippen molar-refractivity contribution in [2.45, 2.75) is 6.54 Å². The van der Waals surface area contributed by atoms with E-state index in [-0.39, 0.29) is 5.69 Å². The van der Waals surface area contributed by atoms with E-state index in [1.165, 1.54) is 29.5 Å². The number of carbonyl (C=O) groups excluding carboxylic acids is 1. The number of non-ortho nitro benzene ring substituents is 1. The zero-order valence-electron chi connectivity index (χ0n) is 15.9. The van der Waals surface area contributed by atoms with Gasteiger partial charge in [0.2, 0.25) is 0 Å². The standard InChI is InChI=1S/C20H19N3O5S/c1-27-12-11-22-17-9-8-16(28-2)13-18(17)29-20(22)21-19(24)10-5-14-3-6-15(7-4-14)23(25)26/h3-10,13H,11-12H2,1-2H3. The third-order valence-electron chi connectivity index (χ3n) is 4.14. The average Bonchev–Trinajstić information content (AvgIpc) is 3.06. The molecule has 0 N–H and O–H groups in total. The Morgan fingerprint density at radius 2 is 2.00 bits per heavy atom. The van der Waals surface area contributed by atoms with Gasteiger partial charge in [-0.05, 0) is 42.0 Å². The molecule has 3 rings (SSSR count). The number of hydrogen-bond donors (Lipinski definition) is 0. The molecular weight excluding hydrogens is 394 g/mol. The van der Waals surface area contributed by atoms with Crippen LogP contribution >= 0.6 is 11.3 Å². The number of amides is 1. The van der Waals surface area contributed by atoms with E-state index in [1.54, 1.807) is 32.4 Å². The third-order valence-corrected chi connectivity index (χ3v) is 5.18. The number of fused-ring (bicyclic) bond motifs is 1. The first-order valence-corrected chi connectivity index (χ1v) is 9.51. The van der Waals surface area contributed by atoms with Crippen LogP contribution in [0.1, 0.15) is 5.56 Å². The summed E-state index contributed by atoms with van der Waals surface area (Å²) in [5.41, 5.74) is 1.62. The molecule has 0 spiro atoms. The van der Waals surface area contributed by atoms with Crippen molar-refractivity contribution >= 4 is 39.2 Å². The molecular formula is C20H19N3O5S. The van der Waals surface area contributed by atoms with Gasteiger partial charge in [0, 0.05) is 31.9 Å². The molecule has 9 heteroatoms. The lowest BCUT2D eigenvalue weighted by Gasteiger charge is -2.04. The molecule has 0 saturated heterocycles. The molecule has 0 atom stereocenters. The lowest BCUT2D eigenvalue weighted by Crippen LogP contribution is -2.18. The molecule has 0 unspecified atom stereocenters. The zero-order valence-corrected chi connectivity index (χ0v) is 16.7. The summed E-state index contributed by atoms with van der Waals surface area (Å²) < 4.78 is 13.3. The number of benzene rings is 2. The number of nitro groups is 1. The monoisotopic (exact) mass is 413 g/mol. The Morgan fingerprint density at radius 3 is 2.66 bits per heavy atom. The van der Waals surface area contributed by atoms with E-state index in [4.69, 9.17) is 9.47 Å². The Hall–Kier alpha value is -3.30. The van der Waals surface area contributed by atoms with Gasteiger partial charge in [-0.1, -0.05) is 11.3 Å². The minimum atomic E-state index is -0.469. The molecule has 3 aromatic rings. The van der Waals surface area contributed by atoms with Crippen molar-refractivity contribution in [3.8, 4) is 5.75 Å². The predicted molar refractivity (Wildman–Crippen MR) is 111 cm³/mol. The SMILES string of the molecule is COCCn1c(=NC(=O)C=Cc2ccc([N+](=O)[O-])cc2)sc2cc(OC)ccc21. The highest BCUT2D eigenvalue weighted by Crippen LogP contribution is 2.23. The Morgan fingerprint density at radius 1 is 1.24 bits per heavy atom. The molecule has 0 fully saturated rings. The first kappa shape index (κ1) is 20.4. The molecule has 0 bridgehead atoms. The molecule has 8 nitrogen and oxygen atoms in total. The summed E-state index contributed by atoms with van der Waals surface area (Å²) in [6, 6.07) is 11.6. The van der Waals surface area contributed by atoms with Gasteiger partial charge in [-0.2, -0.15) is 4.99 Å². The maximum Gasteiger partial charge on any atom is 0.272 e. The average molecular weight is 413 g/mol. The fraction of sp³-hybridized carbons (Fsp3) is 0.200. The smallest absolute Gasteiger partial charge is 0.272 e. The molecule has 0 aliphatic heterocycles. The number of nitrogens with zero attached hydrogens (tertiary/aromatic N) is 3. The van der Waals surface area contributed by atoms with Crippen LogP contribution in [-0.4, -0.2) is 36.2 Å². The lowest BCUT2D eigenvalue weighted by molar-refractivity contribution is -0.384. The second-order valence-electron chi connectivity index (χ2n) is 5.99. The van der Waals surface area contributed by atoms with Crippen LogP contribution in [0.15, 0.2) is 53.5 Å². The van der Waals surface area contributed by atoms with Crippen molar-refractivity contribution in [3.05, 3.63) is 69.0 Å². The van der Waals surface area contributed by atoms with Gasteiger partial charge < -0.3 is 14.0 Å². The Kier molecular flexibility index (Phi) is 6.53. The van der Waals surface area contributed by atoms with Crippen LogP contribution in [0.4, 0.5) is 5.69 Å². The van der Waals surface area contributed by atoms with Crippen molar-refractivity contribution in [3.63, 3.8) is 0 Å². The van der Waals surface area contributed by atoms with Crippen LogP contribution in [0.5, 0.6) is 5.75 Å². The topological polar surface area (TPSA) is 96.0 Å². The van der Waals surface area contributed by atoms with Crippen LogP contribution in [0.3, 0.4) is 0 Å². The molecule has 1 heterocycles. The van der Waals surface area contributed by atoms with Crippen LogP contribution in [0, 0.1) is 10.1 Å². The number of aromatic nitrogens is 1. The number of hydrogen-bond acceptors (Lipinski definition) is 6. The lowest BCUT2D eigenvalue weighted by atomic mass is 10.2. The van der Waals surface area contributed by atoms with Gasteiger partial charge in [0.05, 0.1) is 28.9 Å². The molecule has 0 aliphatic rings. The fourth-order valence-electron chi connectivity index (χ4n) is 2.67. The van der Waals surface area contributed by atoms with Gasteiger partial charge in [0.1, 0.15) is 5.75 Å². The molecule has 150 valence electrons. The predicted octanol–water partition coefficient (Wildman–Crippen LogP) is 3.41. The number of rotatable bonds is 7. The molecule has 2 aromatic carbocycles. The minimum absolute atomic E-state index is 0.00180. The van der Waals surface area contributed by atoms with Gasteiger partial charge in [-0.15, -0.1) is 0 Å². The summed E-state index contributed by atoms with van der Waals surface area (Å²) in [6.07, 6.45) is 2.91. The van der Waals surface area contributed by atoms with Crippen molar-refractivity contribution in [2.75, 3.05) is 20.8 Å². The van der Waals surface area contributed by atoms with Crippen molar-refractivity contribution in [1.29, 1.82) is 0 Å². The molecule has 1 amide bonds. The summed E-state index contributed by atoms with van der Waals surface area (Å²) in [7, 11) is 3.22. The second kappa shape index (κ2) is 9.26. The highest BCUT2D eigenvalue weighted by Gasteiger charge is 2.08. The Labute approximate surface area is 170 Å². The van der Waals surface area contributed by atoms with E-state index >= 15 is 0 Å². The van der Waals surface area contributed by atoms with Crippen LogP contribution < -0.4 is 9.54 Å². The highest BCUT2D eigenvalue weighted by molar-refractivity contribution is 7.16. The third kappa shape index (κ3) is 4.95. The fourth-order valence-corrected chi connectivity index (χ4v) is 3.76. The maximum atomic E-state index is 12.4. The Balaban J connectivity index is 1.90. The minimum Gasteiger partial charge on any atom is -0.497 e. The van der Waals surface area contributed by atoms with E-state index in [1.807, 2.05) is 22.8 Å². The van der Waals surface area contributed by atoms with E-state index in [0.717, 1.165) is 16.0 Å². The quantitative estimate of drug-likeness (QED) is 0.336. The van der Waals surface area contributed by atoms with E-state index < -0.39 is 10.8 Å². The number of methoxy groups -OCH3 is 2. The molecule has 1 aromatic heterocycles. The van der Waals surface area contributed by atoms with Gasteiger partial charge >= 0.3 is 0 Å². The first-order chi connectivity index (χ1) is 14.0. The number of carbonyl (C=O) groups is 1. The summed E-state index contributed by atoms with van der Waals surface area (Å²) in [5.74, 6) is 0.307. The van der Waals surface area contributed by atoms with E-state index in [9.17, 15) is 14.9 Å². The highest BCUT2D eigenvalue weighted by atomic mass is 32.1. The normalized spacial score (nSPS) is 12.0. The molecule has 0 aliphatic carbocycles. The Bertz CT molecular complexity index is 1130. The largest absolute Gasteiger partial charge is 0.497 e. The summed E-state index contributed by atoms with van der Waals surface area (Å²) in [4.78, 5) is 27.4. The molecule has 29 heavy (non-hydrogen) atoms. The van der Waals surface area contributed by atoms with Crippen LogP contribution in [0.25, 0.3) is 16.3 Å². The van der Waals surface area contributed by atoms with Crippen molar-refractivity contribution < 1.29 is 19.2 Å². The molecule has 0 saturated carbocycles. The van der Waals surface area contributed by atoms with Gasteiger partial charge in [0.15, 0.2) is 4.80 Å². The van der Waals surface area contributed by atoms with Gasteiger partial charge in [0.25, 0.3) is 11.6 Å². The van der Waals surface area contributed by atoms with Gasteiger partial charge in [-0.25, -0.2) is 0 Å². The first-order valence-electron chi connectivity index (χ1n) is 8.69. The van der Waals surface area contributed by atoms with Crippen LogP contribution in [0.2, 0.25) is 0 Å². The zero-order chi connectivity index (χ0) is 20.8. The summed E-state index contributed by atoms with van der Waals surface area (Å²) in [6.45, 7) is 1.04. The molecule has 0 radical (unpaired) electrons. The summed E-state index contributed by atoms with van der Waals surface area (Å²) >= 11 is 1.39. The second-order valence-corrected chi connectivity index (χ2v) is 7.00.